The molecule has 2 nitrogen and oxygen atoms in total. The van der Waals surface area contributed by atoms with E-state index in [9.17, 15) is 0 Å². The highest BCUT2D eigenvalue weighted by atomic mass is 32.1. The molecule has 0 fully saturated rings. The fourth-order valence-corrected chi connectivity index (χ4v) is 0.984. The molecule has 13 heavy (non-hydrogen) atoms. The van der Waals surface area contributed by atoms with Crippen LogP contribution in [0, 0.1) is 11.8 Å². The Hall–Kier alpha value is -1.27. The summed E-state index contributed by atoms with van der Waals surface area (Å²) in [6, 6.07) is 5.40. The van der Waals surface area contributed by atoms with Crippen molar-refractivity contribution in [3.63, 3.8) is 0 Å². The fraction of sp³-hybridized carbons (Fsp3) is 0.200. The van der Waals surface area contributed by atoms with E-state index in [-0.39, 0.29) is 0 Å². The summed E-state index contributed by atoms with van der Waals surface area (Å²) in [6.07, 6.45) is 0. The Morgan fingerprint density at radius 3 is 2.92 bits per heavy atom. The molecular formula is C10H11NOS. The van der Waals surface area contributed by atoms with Crippen LogP contribution in [0.25, 0.3) is 0 Å². The zero-order valence-corrected chi connectivity index (χ0v) is 8.27. The van der Waals surface area contributed by atoms with Gasteiger partial charge in [0.05, 0.1) is 18.4 Å². The van der Waals surface area contributed by atoms with E-state index >= 15 is 0 Å². The first-order valence-electron chi connectivity index (χ1n) is 3.81. The van der Waals surface area contributed by atoms with E-state index in [1.54, 1.807) is 19.2 Å². The number of benzene rings is 1. The minimum Gasteiger partial charge on any atom is -0.497 e. The largest absolute Gasteiger partial charge is 0.497 e. The summed E-state index contributed by atoms with van der Waals surface area (Å²) in [6.45, 7) is 0. The van der Waals surface area contributed by atoms with Gasteiger partial charge in [-0.1, -0.05) is 11.8 Å². The number of nitrogen functional groups attached to an aromatic ring is 1. The fourth-order valence-electron chi connectivity index (χ4n) is 0.905. The molecule has 0 radical (unpaired) electrons. The van der Waals surface area contributed by atoms with E-state index in [2.05, 4.69) is 24.5 Å². The van der Waals surface area contributed by atoms with E-state index in [1.165, 1.54) is 0 Å². The molecule has 0 unspecified atom stereocenters. The van der Waals surface area contributed by atoms with Gasteiger partial charge < -0.3 is 10.5 Å². The van der Waals surface area contributed by atoms with Crippen molar-refractivity contribution in [3.8, 4) is 17.6 Å². The lowest BCUT2D eigenvalue weighted by atomic mass is 10.2. The maximum atomic E-state index is 5.70. The Balaban J connectivity index is 3.04. The number of nitrogens with two attached hydrogens (primary N) is 1. The molecule has 0 amide bonds. The van der Waals surface area contributed by atoms with Gasteiger partial charge in [-0.05, 0) is 18.2 Å². The average molecular weight is 193 g/mol. The molecule has 0 saturated heterocycles. The Labute approximate surface area is 83.5 Å². The van der Waals surface area contributed by atoms with E-state index < -0.39 is 0 Å². The van der Waals surface area contributed by atoms with Crippen LogP contribution in [-0.4, -0.2) is 12.9 Å². The van der Waals surface area contributed by atoms with Crippen LogP contribution in [0.5, 0.6) is 5.75 Å². The van der Waals surface area contributed by atoms with Crippen LogP contribution in [0.4, 0.5) is 5.69 Å². The Morgan fingerprint density at radius 1 is 1.54 bits per heavy atom. The monoisotopic (exact) mass is 193 g/mol. The Bertz CT molecular complexity index is 352. The number of ether oxygens (including phenoxy) is 1. The SMILES string of the molecule is COc1ccc(N)c(C#CCS)c1. The van der Waals surface area contributed by atoms with Gasteiger partial charge in [0.25, 0.3) is 0 Å². The molecule has 0 aromatic heterocycles. The van der Waals surface area contributed by atoms with Crippen LogP contribution in [-0.2, 0) is 0 Å². The molecule has 1 aromatic rings. The number of hydrogen-bond donors (Lipinski definition) is 2. The normalized spacial score (nSPS) is 8.77. The lowest BCUT2D eigenvalue weighted by Crippen LogP contribution is -1.91. The third-order valence-electron chi connectivity index (χ3n) is 1.56. The predicted octanol–water partition coefficient (Wildman–Crippen LogP) is 1.56. The van der Waals surface area contributed by atoms with Gasteiger partial charge in [0.1, 0.15) is 5.75 Å². The van der Waals surface area contributed by atoms with E-state index in [4.69, 9.17) is 10.5 Å². The van der Waals surface area contributed by atoms with Gasteiger partial charge in [-0.3, -0.25) is 0 Å². The van der Waals surface area contributed by atoms with Crippen molar-refractivity contribution in [3.05, 3.63) is 23.8 Å². The first-order valence-corrected chi connectivity index (χ1v) is 4.44. The predicted molar refractivity (Wildman–Crippen MR) is 58.1 cm³/mol. The molecular weight excluding hydrogens is 182 g/mol. The number of hydrogen-bond acceptors (Lipinski definition) is 3. The molecule has 0 aliphatic rings. The van der Waals surface area contributed by atoms with E-state index in [1.807, 2.05) is 6.07 Å². The lowest BCUT2D eigenvalue weighted by molar-refractivity contribution is 0.415. The molecule has 2 N–H and O–H groups in total. The van der Waals surface area contributed by atoms with Gasteiger partial charge in [-0.15, -0.1) is 0 Å². The first kappa shape index (κ1) is 9.82. The van der Waals surface area contributed by atoms with Crippen LogP contribution in [0.15, 0.2) is 18.2 Å². The molecule has 0 spiro atoms. The topological polar surface area (TPSA) is 35.2 Å². The molecule has 0 atom stereocenters. The van der Waals surface area contributed by atoms with Crippen LogP contribution < -0.4 is 10.5 Å². The highest BCUT2D eigenvalue weighted by molar-refractivity contribution is 7.80. The summed E-state index contributed by atoms with van der Waals surface area (Å²) < 4.78 is 5.05. The quantitative estimate of drug-likeness (QED) is 0.403. The molecule has 0 aliphatic heterocycles. The van der Waals surface area contributed by atoms with Crippen LogP contribution >= 0.6 is 12.6 Å². The summed E-state index contributed by atoms with van der Waals surface area (Å²) in [5.74, 6) is 7.03. The molecule has 0 heterocycles. The summed E-state index contributed by atoms with van der Waals surface area (Å²) >= 11 is 3.99. The molecule has 3 heteroatoms. The highest BCUT2D eigenvalue weighted by Crippen LogP contribution is 2.18. The summed E-state index contributed by atoms with van der Waals surface area (Å²) in [5, 5.41) is 0. The third-order valence-corrected chi connectivity index (χ3v) is 1.72. The Morgan fingerprint density at radius 2 is 2.31 bits per heavy atom. The lowest BCUT2D eigenvalue weighted by Gasteiger charge is -2.02. The smallest absolute Gasteiger partial charge is 0.120 e. The Kier molecular flexibility index (Phi) is 3.53. The maximum Gasteiger partial charge on any atom is 0.120 e. The van der Waals surface area contributed by atoms with Crippen molar-refractivity contribution >= 4 is 18.3 Å². The zero-order valence-electron chi connectivity index (χ0n) is 7.37. The summed E-state index contributed by atoms with van der Waals surface area (Å²) in [4.78, 5) is 0. The second kappa shape index (κ2) is 4.68. The molecule has 1 aromatic carbocycles. The minimum atomic E-state index is 0.524. The van der Waals surface area contributed by atoms with E-state index in [0.717, 1.165) is 11.3 Å². The van der Waals surface area contributed by atoms with Crippen molar-refractivity contribution in [1.82, 2.24) is 0 Å². The van der Waals surface area contributed by atoms with Crippen LogP contribution in [0.1, 0.15) is 5.56 Å². The molecule has 0 aliphatic carbocycles. The first-order chi connectivity index (χ1) is 6.27. The second-order valence-electron chi connectivity index (χ2n) is 2.41. The number of anilines is 1. The van der Waals surface area contributed by atoms with E-state index in [0.29, 0.717) is 11.4 Å². The molecule has 1 rings (SSSR count). The molecule has 0 saturated carbocycles. The van der Waals surface area contributed by atoms with Crippen LogP contribution in [0.3, 0.4) is 0 Å². The maximum absolute atomic E-state index is 5.70. The summed E-state index contributed by atoms with van der Waals surface area (Å²) in [7, 11) is 1.61. The number of thiol groups is 1. The van der Waals surface area contributed by atoms with Crippen molar-refractivity contribution in [2.24, 2.45) is 0 Å². The zero-order chi connectivity index (χ0) is 9.68. The molecule has 68 valence electrons. The molecule has 0 bridgehead atoms. The van der Waals surface area contributed by atoms with Gasteiger partial charge in [0.2, 0.25) is 0 Å². The van der Waals surface area contributed by atoms with Crippen molar-refractivity contribution < 1.29 is 4.74 Å². The van der Waals surface area contributed by atoms with Crippen molar-refractivity contribution in [2.75, 3.05) is 18.6 Å². The van der Waals surface area contributed by atoms with Gasteiger partial charge in [0, 0.05) is 5.69 Å². The standard InChI is InChI=1S/C10H11NOS/c1-12-9-4-5-10(11)8(7-9)3-2-6-13/h4-5,7,13H,6,11H2,1H3. The van der Waals surface area contributed by atoms with Crippen molar-refractivity contribution in [2.45, 2.75) is 0 Å². The highest BCUT2D eigenvalue weighted by Gasteiger charge is 1.97. The summed E-state index contributed by atoms with van der Waals surface area (Å²) in [5.41, 5.74) is 7.15. The van der Waals surface area contributed by atoms with Crippen molar-refractivity contribution in [1.29, 1.82) is 0 Å². The third kappa shape index (κ3) is 2.60. The van der Waals surface area contributed by atoms with Gasteiger partial charge in [-0.25, -0.2) is 0 Å². The number of methoxy groups -OCH3 is 1. The minimum absolute atomic E-state index is 0.524. The van der Waals surface area contributed by atoms with Crippen LogP contribution in [0.2, 0.25) is 0 Å². The van der Waals surface area contributed by atoms with Gasteiger partial charge >= 0.3 is 0 Å². The second-order valence-corrected chi connectivity index (χ2v) is 2.73. The number of rotatable bonds is 1. The average Bonchev–Trinajstić information content (AvgIpc) is 2.17. The van der Waals surface area contributed by atoms with Gasteiger partial charge in [0.15, 0.2) is 0 Å². The van der Waals surface area contributed by atoms with Gasteiger partial charge in [-0.2, -0.15) is 12.6 Å².